The first kappa shape index (κ1) is 11.9. The summed E-state index contributed by atoms with van der Waals surface area (Å²) in [5.41, 5.74) is 0. The molecule has 0 saturated heterocycles. The van der Waals surface area contributed by atoms with Gasteiger partial charge in [0.25, 0.3) is 0 Å². The Labute approximate surface area is 102 Å². The molecule has 0 radical (unpaired) electrons. The molecule has 1 aromatic heterocycles. The summed E-state index contributed by atoms with van der Waals surface area (Å²) in [6, 6.07) is 2.45. The number of hydrogen-bond acceptors (Lipinski definition) is 2. The van der Waals surface area contributed by atoms with Crippen LogP contribution in [0.2, 0.25) is 0 Å². The highest BCUT2D eigenvalue weighted by molar-refractivity contribution is 7.84. The van der Waals surface area contributed by atoms with Crippen molar-refractivity contribution in [3.63, 3.8) is 0 Å². The Balaban J connectivity index is 2.94. The molecule has 3 nitrogen and oxygen atoms in total. The lowest BCUT2D eigenvalue weighted by atomic mass is 10.2. The minimum absolute atomic E-state index is 0.400. The van der Waals surface area contributed by atoms with Crippen molar-refractivity contribution in [2.75, 3.05) is 0 Å². The highest BCUT2D eigenvalue weighted by Crippen LogP contribution is 2.21. The number of furan rings is 1. The highest BCUT2D eigenvalue weighted by Gasteiger charge is 2.24. The van der Waals surface area contributed by atoms with Crippen LogP contribution in [0.15, 0.2) is 16.5 Å². The van der Waals surface area contributed by atoms with Crippen molar-refractivity contribution in [3.05, 3.63) is 23.7 Å². The van der Waals surface area contributed by atoms with E-state index in [1.165, 1.54) is 0 Å². The third kappa shape index (κ3) is 3.46. The van der Waals surface area contributed by atoms with E-state index in [0.717, 1.165) is 5.76 Å². The first-order valence-corrected chi connectivity index (χ1v) is 6.60. The third-order valence-corrected chi connectivity index (χ3v) is 3.71. The fourth-order valence-electron chi connectivity index (χ4n) is 1.16. The average Bonchev–Trinajstić information content (AvgIpc) is 2.63. The first-order valence-electron chi connectivity index (χ1n) is 5.95. The maximum atomic E-state index is 12.1. The van der Waals surface area contributed by atoms with E-state index in [0.29, 0.717) is 12.2 Å². The van der Waals surface area contributed by atoms with Crippen LogP contribution in [0.25, 0.3) is 0 Å². The van der Waals surface area contributed by atoms with Gasteiger partial charge < -0.3 is 4.42 Å². The van der Waals surface area contributed by atoms with Gasteiger partial charge in [-0.2, -0.15) is 0 Å². The van der Waals surface area contributed by atoms with E-state index in [-0.39, 0.29) is 0 Å². The molecule has 0 unspecified atom stereocenters. The van der Waals surface area contributed by atoms with Gasteiger partial charge in [-0.3, -0.25) is 0 Å². The summed E-state index contributed by atoms with van der Waals surface area (Å²) in [5.74, 6) is 1.27. The van der Waals surface area contributed by atoms with Gasteiger partial charge in [0.15, 0.2) is 0 Å². The summed E-state index contributed by atoms with van der Waals surface area (Å²) in [4.78, 5) is 0. The molecule has 0 spiro atoms. The molecule has 16 heavy (non-hydrogen) atoms. The molecule has 1 aromatic rings. The molecule has 0 aliphatic heterocycles. The van der Waals surface area contributed by atoms with Crippen LogP contribution in [-0.2, 0) is 11.0 Å². The monoisotopic (exact) mass is 244 g/mol. The van der Waals surface area contributed by atoms with Crippen molar-refractivity contribution in [1.29, 1.82) is 0 Å². The lowest BCUT2D eigenvalue weighted by molar-refractivity contribution is 0.425. The van der Waals surface area contributed by atoms with Gasteiger partial charge in [0.05, 0.1) is 23.1 Å². The summed E-state index contributed by atoms with van der Waals surface area (Å²) >= 11 is 0. The fraction of sp³-hybridized carbons (Fsp3) is 0.667. The van der Waals surface area contributed by atoms with Crippen molar-refractivity contribution in [1.82, 2.24) is 4.72 Å². The van der Waals surface area contributed by atoms with Crippen LogP contribution in [-0.4, -0.2) is 8.96 Å². The van der Waals surface area contributed by atoms with Crippen LogP contribution in [0.4, 0.5) is 0 Å². The largest absolute Gasteiger partial charge is 0.465 e. The SMILES string of the molecule is [2H][C@](CC)(N[S@](=O)C(C)(C)C)c1ccc(C)o1. The Hall–Kier alpha value is -0.610. The van der Waals surface area contributed by atoms with Gasteiger partial charge in [0.1, 0.15) is 11.5 Å². The van der Waals surface area contributed by atoms with E-state index in [4.69, 9.17) is 5.79 Å². The van der Waals surface area contributed by atoms with E-state index in [1.54, 1.807) is 6.07 Å². The van der Waals surface area contributed by atoms with Crippen molar-refractivity contribution in [2.45, 2.75) is 51.8 Å². The molecule has 1 rings (SSSR count). The summed E-state index contributed by atoms with van der Waals surface area (Å²) < 4.78 is 28.3. The summed E-state index contributed by atoms with van der Waals surface area (Å²) in [6.07, 6.45) is 0.488. The molecule has 92 valence electrons. The van der Waals surface area contributed by atoms with Crippen LogP contribution in [0, 0.1) is 6.92 Å². The van der Waals surface area contributed by atoms with Gasteiger partial charge in [0.2, 0.25) is 0 Å². The molecule has 0 aliphatic carbocycles. The summed E-state index contributed by atoms with van der Waals surface area (Å²) in [5, 5.41) is 0. The number of rotatable bonds is 4. The Morgan fingerprint density at radius 3 is 2.56 bits per heavy atom. The molecule has 0 saturated carbocycles. The van der Waals surface area contributed by atoms with E-state index in [1.807, 2.05) is 40.7 Å². The first-order chi connectivity index (χ1) is 7.69. The van der Waals surface area contributed by atoms with Crippen LogP contribution in [0.5, 0.6) is 0 Å². The lowest BCUT2D eigenvalue weighted by Gasteiger charge is -2.22. The Morgan fingerprint density at radius 2 is 2.19 bits per heavy atom. The predicted molar refractivity (Wildman–Crippen MR) is 67.5 cm³/mol. The van der Waals surface area contributed by atoms with Crippen molar-refractivity contribution in [3.8, 4) is 0 Å². The summed E-state index contributed by atoms with van der Waals surface area (Å²) in [6.45, 7) is 9.33. The van der Waals surface area contributed by atoms with Crippen molar-refractivity contribution in [2.24, 2.45) is 0 Å². The maximum absolute atomic E-state index is 12.1. The van der Waals surface area contributed by atoms with Crippen LogP contribution < -0.4 is 4.72 Å². The Morgan fingerprint density at radius 1 is 1.56 bits per heavy atom. The van der Waals surface area contributed by atoms with Crippen molar-refractivity contribution < 1.29 is 10.00 Å². The van der Waals surface area contributed by atoms with Crippen LogP contribution >= 0.6 is 0 Å². The van der Waals surface area contributed by atoms with Gasteiger partial charge in [-0.05, 0) is 46.2 Å². The number of hydrogen-bond donors (Lipinski definition) is 1. The molecule has 1 heterocycles. The van der Waals surface area contributed by atoms with Crippen LogP contribution in [0.3, 0.4) is 0 Å². The predicted octanol–water partition coefficient (Wildman–Crippen LogP) is 3.09. The molecule has 4 heteroatoms. The van der Waals surface area contributed by atoms with Gasteiger partial charge in [0, 0.05) is 0 Å². The molecule has 2 atom stereocenters. The highest BCUT2D eigenvalue weighted by atomic mass is 32.2. The zero-order valence-electron chi connectivity index (χ0n) is 11.6. The Kier molecular flexibility index (Phi) is 3.82. The third-order valence-electron chi connectivity index (χ3n) is 2.16. The smallest absolute Gasteiger partial charge is 0.122 e. The van der Waals surface area contributed by atoms with E-state index < -0.39 is 21.8 Å². The average molecular weight is 244 g/mol. The second-order valence-corrected chi connectivity index (χ2v) is 6.69. The topological polar surface area (TPSA) is 42.2 Å². The quantitative estimate of drug-likeness (QED) is 0.884. The van der Waals surface area contributed by atoms with E-state index >= 15 is 0 Å². The molecule has 0 bridgehead atoms. The second kappa shape index (κ2) is 5.15. The van der Waals surface area contributed by atoms with Crippen molar-refractivity contribution >= 4 is 11.0 Å². The number of aryl methyl sites for hydroxylation is 1. The molecule has 0 aromatic carbocycles. The Bertz CT molecular complexity index is 411. The molecular formula is C12H21NO2S. The number of nitrogens with one attached hydrogen (secondary N) is 1. The molecule has 0 aliphatic rings. The van der Waals surface area contributed by atoms with E-state index in [9.17, 15) is 4.21 Å². The van der Waals surface area contributed by atoms with E-state index in [2.05, 4.69) is 4.72 Å². The molecular weight excluding hydrogens is 222 g/mol. The zero-order valence-corrected chi connectivity index (χ0v) is 11.4. The zero-order chi connectivity index (χ0) is 13.3. The maximum Gasteiger partial charge on any atom is 0.122 e. The normalized spacial score (nSPS) is 18.9. The fourth-order valence-corrected chi connectivity index (χ4v) is 1.93. The second-order valence-electron chi connectivity index (χ2n) is 4.73. The lowest BCUT2D eigenvalue weighted by Crippen LogP contribution is -2.35. The van der Waals surface area contributed by atoms with Gasteiger partial charge in [-0.25, -0.2) is 8.93 Å². The standard InChI is InChI=1S/C12H21NO2S/c1-6-10(11-8-7-9(2)15-11)13-16(14)12(3,4)5/h7-8,10,13H,6H2,1-5H3/t10-,16-/m1/s1/i10D. The molecule has 0 amide bonds. The van der Waals surface area contributed by atoms with Gasteiger partial charge in [-0.15, -0.1) is 0 Å². The van der Waals surface area contributed by atoms with Gasteiger partial charge in [-0.1, -0.05) is 6.92 Å². The minimum atomic E-state index is -1.30. The summed E-state index contributed by atoms with van der Waals surface area (Å²) in [7, 11) is -1.30. The minimum Gasteiger partial charge on any atom is -0.465 e. The van der Waals surface area contributed by atoms with Gasteiger partial charge >= 0.3 is 0 Å². The molecule has 0 fully saturated rings. The van der Waals surface area contributed by atoms with Crippen LogP contribution in [0.1, 0.15) is 53.0 Å². The molecule has 1 N–H and O–H groups in total.